The Morgan fingerprint density at radius 3 is 0.718 bits per heavy atom. The van der Waals surface area contributed by atoms with Crippen LogP contribution in [0.25, 0.3) is 223 Å². The molecule has 580 valence electrons. The van der Waals surface area contributed by atoms with Crippen LogP contribution in [-0.2, 0) is 0 Å². The average Bonchev–Trinajstić information content (AvgIpc) is 1.60. The van der Waals surface area contributed by atoms with E-state index in [9.17, 15) is 0 Å². The lowest BCUT2D eigenvalue weighted by Gasteiger charge is -2.12. The summed E-state index contributed by atoms with van der Waals surface area (Å²) in [5, 5.41) is 9.79. The zero-order valence-corrected chi connectivity index (χ0v) is 66.9. The van der Waals surface area contributed by atoms with Gasteiger partial charge in [-0.3, -0.25) is 9.97 Å². The molecule has 0 saturated carbocycles. The van der Waals surface area contributed by atoms with Crippen molar-refractivity contribution in [2.75, 3.05) is 0 Å². The summed E-state index contributed by atoms with van der Waals surface area (Å²) in [6.45, 7) is 0. The van der Waals surface area contributed by atoms with Gasteiger partial charge in [0.25, 0.3) is 0 Å². The first-order chi connectivity index (χ1) is 61.5. The van der Waals surface area contributed by atoms with E-state index in [4.69, 9.17) is 39.9 Å². The van der Waals surface area contributed by atoms with Crippen LogP contribution >= 0.6 is 0 Å². The third-order valence-corrected chi connectivity index (χ3v) is 23.7. The molecule has 0 aliphatic carbocycles. The molecule has 0 saturated heterocycles. The molecule has 124 heavy (non-hydrogen) atoms. The van der Waals surface area contributed by atoms with Gasteiger partial charge in [-0.2, -0.15) is 0 Å². The van der Waals surface area contributed by atoms with Crippen LogP contribution in [0.15, 0.2) is 437 Å². The van der Waals surface area contributed by atoms with Gasteiger partial charge in [0.2, 0.25) is 0 Å². The summed E-state index contributed by atoms with van der Waals surface area (Å²) in [4.78, 5) is 39.1. The molecule has 0 atom stereocenters. The van der Waals surface area contributed by atoms with E-state index in [2.05, 4.69) is 322 Å². The molecule has 8 aromatic heterocycles. The van der Waals surface area contributed by atoms with Crippen molar-refractivity contribution in [1.29, 1.82) is 0 Å². The summed E-state index contributed by atoms with van der Waals surface area (Å²) in [5.41, 5.74) is 27.8. The van der Waals surface area contributed by atoms with Crippen molar-refractivity contribution >= 4 is 87.2 Å². The molecule has 24 aromatic rings. The largest absolute Gasteiger partial charge is 0.309 e. The number of hydrogen-bond donors (Lipinski definition) is 0. The maximum Gasteiger partial charge on any atom is 0.182 e. The van der Waals surface area contributed by atoms with Gasteiger partial charge < -0.3 is 18.3 Å². The van der Waals surface area contributed by atoms with Gasteiger partial charge in [0, 0.05) is 100 Å². The highest BCUT2D eigenvalue weighted by atomic mass is 15.1. The number of para-hydroxylation sites is 6. The summed E-state index contributed by atoms with van der Waals surface area (Å²) in [5.74, 6) is 3.47. The van der Waals surface area contributed by atoms with Crippen LogP contribution in [0.3, 0.4) is 0 Å². The minimum atomic E-state index is 0.524. The van der Waals surface area contributed by atoms with Crippen LogP contribution in [-0.4, -0.2) is 58.1 Å². The molecule has 8 heterocycles. The predicted molar refractivity (Wildman–Crippen MR) is 507 cm³/mol. The summed E-state index contributed by atoms with van der Waals surface area (Å²) < 4.78 is 9.48. The SMILES string of the molecule is c1ccc(-c2nc(-c3ccccc3)nc(-c3cc(-c4ccc5c6ccccc6n(-c6ccc(-c7ccc8c(c7)c7ccccc7n8-c7ccccc7)cc6)c5c4)ccn3)n2)cc1.c1ccc(-c2nc(-c3ccccc3)nc(-c3cc(-c4ccc5c6ccccc6n(-c6ccc(-c7ccc8c9ccccc9n(-c9ccccc9)c8c7)cc6)c5c4)ccn3)n2)cc1. The van der Waals surface area contributed by atoms with E-state index >= 15 is 0 Å². The van der Waals surface area contributed by atoms with Gasteiger partial charge in [-0.1, -0.05) is 297 Å². The number of benzene rings is 16. The molecule has 0 aliphatic heterocycles. The number of aromatic nitrogens is 12. The highest BCUT2D eigenvalue weighted by Gasteiger charge is 2.23. The predicted octanol–water partition coefficient (Wildman–Crippen LogP) is 27.6. The minimum absolute atomic E-state index is 0.524. The van der Waals surface area contributed by atoms with Gasteiger partial charge in [0.15, 0.2) is 34.9 Å². The van der Waals surface area contributed by atoms with Crippen molar-refractivity contribution in [3.8, 4) is 136 Å². The highest BCUT2D eigenvalue weighted by molar-refractivity contribution is 6.14. The van der Waals surface area contributed by atoms with Gasteiger partial charge in [-0.15, -0.1) is 0 Å². The summed E-state index contributed by atoms with van der Waals surface area (Å²) in [7, 11) is 0. The van der Waals surface area contributed by atoms with E-state index in [-0.39, 0.29) is 0 Å². The highest BCUT2D eigenvalue weighted by Crippen LogP contribution is 2.43. The summed E-state index contributed by atoms with van der Waals surface area (Å²) >= 11 is 0. The molecule has 16 aromatic carbocycles. The Morgan fingerprint density at radius 1 is 0.137 bits per heavy atom. The van der Waals surface area contributed by atoms with Gasteiger partial charge in [-0.25, -0.2) is 29.9 Å². The van der Waals surface area contributed by atoms with Crippen molar-refractivity contribution in [3.63, 3.8) is 0 Å². The van der Waals surface area contributed by atoms with Gasteiger partial charge >= 0.3 is 0 Å². The Bertz CT molecular complexity index is 8070. The van der Waals surface area contributed by atoms with Crippen LogP contribution in [0.2, 0.25) is 0 Å². The van der Waals surface area contributed by atoms with Crippen LogP contribution in [0.5, 0.6) is 0 Å². The number of pyridine rings is 2. The first kappa shape index (κ1) is 72.3. The Morgan fingerprint density at radius 2 is 0.371 bits per heavy atom. The molecular weight excluding hydrogens is 1510 g/mol. The van der Waals surface area contributed by atoms with Crippen molar-refractivity contribution in [3.05, 3.63) is 437 Å². The quantitative estimate of drug-likeness (QED) is 0.105. The van der Waals surface area contributed by atoms with Crippen LogP contribution in [0, 0.1) is 0 Å². The first-order valence-electron chi connectivity index (χ1n) is 41.6. The normalized spacial score (nSPS) is 11.5. The number of hydrogen-bond acceptors (Lipinski definition) is 8. The molecule has 12 nitrogen and oxygen atoms in total. The Labute approximate surface area is 713 Å². The standard InChI is InChI=1S/2C56H36N6/c1-4-14-38(15-5-1)54-58-55(39-16-6-2-7-17-39)60-56(59-54)49-35-42(32-33-57-49)41-26-30-47-45-20-10-12-22-50(45)62(53(47)36-41)44-28-24-37(25-29-44)40-27-31-52-48(34-40)46-21-11-13-23-51(46)61(52)43-18-8-3-9-19-43;1-4-14-38(15-5-1)54-58-55(39-16-6-2-7-17-39)60-56(59-54)49-34-42(32-33-57-49)41-27-31-48-46-21-11-13-23-51(46)62(53(48)36-41)44-28-24-37(25-29-44)40-26-30-47-45-20-10-12-22-50(45)61(52(47)35-40)43-18-8-3-9-19-43/h2*1-36H. The fourth-order valence-corrected chi connectivity index (χ4v) is 17.8. The zero-order valence-electron chi connectivity index (χ0n) is 66.9. The van der Waals surface area contributed by atoms with Crippen molar-refractivity contribution in [2.24, 2.45) is 0 Å². The molecule has 0 spiro atoms. The van der Waals surface area contributed by atoms with E-state index in [0.29, 0.717) is 46.3 Å². The second kappa shape index (κ2) is 30.8. The Kier molecular flexibility index (Phi) is 17.9. The Balaban J connectivity index is 0.000000143. The number of nitrogens with zero attached hydrogens (tertiary/aromatic N) is 12. The van der Waals surface area contributed by atoms with E-state index in [1.165, 1.54) is 81.8 Å². The fourth-order valence-electron chi connectivity index (χ4n) is 17.8. The molecule has 0 fully saturated rings. The lowest BCUT2D eigenvalue weighted by molar-refractivity contribution is 1.06. The molecule has 0 aliphatic rings. The van der Waals surface area contributed by atoms with Crippen molar-refractivity contribution < 1.29 is 0 Å². The van der Waals surface area contributed by atoms with E-state index in [0.717, 1.165) is 94.9 Å². The van der Waals surface area contributed by atoms with Crippen LogP contribution < -0.4 is 0 Å². The molecule has 0 bridgehead atoms. The van der Waals surface area contributed by atoms with E-state index in [1.54, 1.807) is 0 Å². The summed E-state index contributed by atoms with van der Waals surface area (Å²) in [6, 6.07) is 149. The smallest absolute Gasteiger partial charge is 0.182 e. The first-order valence-corrected chi connectivity index (χ1v) is 41.6. The van der Waals surface area contributed by atoms with Crippen molar-refractivity contribution in [2.45, 2.75) is 0 Å². The number of fused-ring (bicyclic) bond motifs is 12. The minimum Gasteiger partial charge on any atom is -0.309 e. The maximum atomic E-state index is 4.95. The molecule has 24 rings (SSSR count). The molecule has 0 N–H and O–H groups in total. The lowest BCUT2D eigenvalue weighted by atomic mass is 10.0. The average molecular weight is 1590 g/mol. The lowest BCUT2D eigenvalue weighted by Crippen LogP contribution is -2.01. The molecule has 0 unspecified atom stereocenters. The third kappa shape index (κ3) is 13.1. The molecular formula is C112H72N12. The number of rotatable bonds is 14. The Hall–Kier alpha value is -17.0. The maximum absolute atomic E-state index is 4.95. The molecule has 0 amide bonds. The van der Waals surface area contributed by atoms with Crippen molar-refractivity contribution in [1.82, 2.24) is 58.1 Å². The second-order valence-electron chi connectivity index (χ2n) is 31.0. The fraction of sp³-hybridized carbons (Fsp3) is 0. The molecule has 0 radical (unpaired) electrons. The second-order valence-corrected chi connectivity index (χ2v) is 31.0. The van der Waals surface area contributed by atoms with Gasteiger partial charge in [-0.05, 0) is 172 Å². The molecule has 12 heteroatoms. The topological polar surface area (TPSA) is 123 Å². The van der Waals surface area contributed by atoms with E-state index in [1.807, 2.05) is 134 Å². The van der Waals surface area contributed by atoms with Gasteiger partial charge in [0.05, 0.1) is 44.1 Å². The van der Waals surface area contributed by atoms with E-state index < -0.39 is 0 Å². The summed E-state index contributed by atoms with van der Waals surface area (Å²) in [6.07, 6.45) is 3.68. The van der Waals surface area contributed by atoms with Crippen LogP contribution in [0.4, 0.5) is 0 Å². The monoisotopic (exact) mass is 1580 g/mol. The van der Waals surface area contributed by atoms with Crippen LogP contribution in [0.1, 0.15) is 0 Å². The zero-order chi connectivity index (χ0) is 82.0. The third-order valence-electron chi connectivity index (χ3n) is 23.7. The van der Waals surface area contributed by atoms with Gasteiger partial charge in [0.1, 0.15) is 11.4 Å².